The molecule has 4 aromatic heterocycles. The molecule has 7 aromatic carbocycles. The average molecular weight is 665 g/mol. The zero-order chi connectivity index (χ0) is 32.1. The van der Waals surface area contributed by atoms with Crippen LogP contribution in [0.3, 0.4) is 0 Å². The fourth-order valence-electron chi connectivity index (χ4n) is 7.23. The molecule has 0 amide bonds. The Hall–Kier alpha value is -5.95. The van der Waals surface area contributed by atoms with Gasteiger partial charge in [0.25, 0.3) is 0 Å². The number of rotatable bonds is 4. The van der Waals surface area contributed by atoms with Crippen LogP contribution in [0, 0.1) is 0 Å². The molecule has 0 unspecified atom stereocenters. The van der Waals surface area contributed by atoms with Gasteiger partial charge in [0.15, 0.2) is 0 Å². The lowest BCUT2D eigenvalue weighted by atomic mass is 10.1. The highest BCUT2D eigenvalue weighted by Gasteiger charge is 2.20. The maximum atomic E-state index is 6.23. The topological polar surface area (TPSA) is 42.4 Å². The number of benzene rings is 7. The molecule has 0 saturated heterocycles. The predicted octanol–water partition coefficient (Wildman–Crippen LogP) is 13.6. The molecule has 0 bridgehead atoms. The molecule has 0 aliphatic heterocycles. The molecule has 0 fully saturated rings. The summed E-state index contributed by atoms with van der Waals surface area (Å²) in [7, 11) is 0. The molecular formula is C43H24N2O2S2. The first-order chi connectivity index (χ1) is 24.2. The third-order valence-electron chi connectivity index (χ3n) is 9.49. The number of hydrogen-bond acceptors (Lipinski definition) is 6. The van der Waals surface area contributed by atoms with E-state index in [9.17, 15) is 0 Å². The molecule has 0 aliphatic carbocycles. The van der Waals surface area contributed by atoms with Crippen molar-refractivity contribution in [3.63, 3.8) is 0 Å². The van der Waals surface area contributed by atoms with Crippen molar-refractivity contribution in [3.8, 4) is 10.6 Å². The van der Waals surface area contributed by atoms with E-state index in [0.717, 1.165) is 77.0 Å². The van der Waals surface area contributed by atoms with Crippen molar-refractivity contribution < 1.29 is 8.83 Å². The number of thiazole rings is 1. The summed E-state index contributed by atoms with van der Waals surface area (Å²) in [5.74, 6) is 0. The lowest BCUT2D eigenvalue weighted by molar-refractivity contribution is 0.668. The van der Waals surface area contributed by atoms with Crippen molar-refractivity contribution >= 4 is 114 Å². The van der Waals surface area contributed by atoms with Gasteiger partial charge < -0.3 is 13.7 Å². The van der Waals surface area contributed by atoms with Gasteiger partial charge in [0.2, 0.25) is 0 Å². The van der Waals surface area contributed by atoms with E-state index in [2.05, 4.69) is 120 Å². The van der Waals surface area contributed by atoms with Crippen molar-refractivity contribution in [1.82, 2.24) is 4.98 Å². The Morgan fingerprint density at radius 3 is 1.67 bits per heavy atom. The molecule has 4 nitrogen and oxygen atoms in total. The molecule has 11 aromatic rings. The van der Waals surface area contributed by atoms with Gasteiger partial charge in [-0.2, -0.15) is 0 Å². The first-order valence-electron chi connectivity index (χ1n) is 16.2. The quantitative estimate of drug-likeness (QED) is 0.188. The predicted molar refractivity (Wildman–Crippen MR) is 207 cm³/mol. The molecule has 11 rings (SSSR count). The van der Waals surface area contributed by atoms with Gasteiger partial charge in [0, 0.05) is 64.3 Å². The minimum absolute atomic E-state index is 0.877. The summed E-state index contributed by atoms with van der Waals surface area (Å²) in [6.07, 6.45) is 0. The van der Waals surface area contributed by atoms with Crippen LogP contribution >= 0.6 is 22.7 Å². The van der Waals surface area contributed by atoms with Crippen LogP contribution in [0.1, 0.15) is 0 Å². The van der Waals surface area contributed by atoms with E-state index in [1.165, 1.54) is 24.9 Å². The SMILES string of the molecule is c1ccc(-c2nc3ccc4sc5ccc(N(c6ccc7oc8ccccc8c7c6)c6ccc7oc8ccccc8c7c6)cc5c4c3s2)cc1. The zero-order valence-corrected chi connectivity index (χ0v) is 27.5. The monoisotopic (exact) mass is 664 g/mol. The third-order valence-corrected chi connectivity index (χ3v) is 11.8. The van der Waals surface area contributed by atoms with Crippen LogP contribution in [-0.4, -0.2) is 4.98 Å². The van der Waals surface area contributed by atoms with Gasteiger partial charge in [0.1, 0.15) is 27.3 Å². The van der Waals surface area contributed by atoms with Gasteiger partial charge in [-0.25, -0.2) is 4.98 Å². The Balaban J connectivity index is 1.16. The first kappa shape index (κ1) is 27.0. The summed E-state index contributed by atoms with van der Waals surface area (Å²) >= 11 is 3.61. The summed E-state index contributed by atoms with van der Waals surface area (Å²) < 4.78 is 16.2. The lowest BCUT2D eigenvalue weighted by Gasteiger charge is -2.26. The second-order valence-corrected chi connectivity index (χ2v) is 14.4. The van der Waals surface area contributed by atoms with Crippen molar-refractivity contribution in [1.29, 1.82) is 0 Å². The number of fused-ring (bicyclic) bond motifs is 11. The van der Waals surface area contributed by atoms with Crippen LogP contribution < -0.4 is 4.90 Å². The molecule has 0 spiro atoms. The fourth-order valence-corrected chi connectivity index (χ4v) is 9.52. The summed E-state index contributed by atoms with van der Waals surface area (Å²) in [6.45, 7) is 0. The number of furan rings is 2. The highest BCUT2D eigenvalue weighted by Crippen LogP contribution is 2.46. The Morgan fingerprint density at radius 2 is 1.00 bits per heavy atom. The van der Waals surface area contributed by atoms with Gasteiger partial charge in [-0.15, -0.1) is 22.7 Å². The average Bonchev–Trinajstić information content (AvgIpc) is 3.93. The molecule has 6 heteroatoms. The summed E-state index contributed by atoms with van der Waals surface area (Å²) in [4.78, 5) is 7.42. The number of para-hydroxylation sites is 2. The zero-order valence-electron chi connectivity index (χ0n) is 25.9. The van der Waals surface area contributed by atoms with Gasteiger partial charge >= 0.3 is 0 Å². The van der Waals surface area contributed by atoms with Crippen LogP contribution in [0.2, 0.25) is 0 Å². The fraction of sp³-hybridized carbons (Fsp3) is 0. The normalized spacial score (nSPS) is 12.1. The maximum Gasteiger partial charge on any atom is 0.135 e. The minimum Gasteiger partial charge on any atom is -0.456 e. The van der Waals surface area contributed by atoms with Gasteiger partial charge in [-0.1, -0.05) is 66.7 Å². The summed E-state index contributed by atoms with van der Waals surface area (Å²) in [5, 5.41) is 7.95. The lowest BCUT2D eigenvalue weighted by Crippen LogP contribution is -2.09. The van der Waals surface area contributed by atoms with Crippen molar-refractivity contribution in [3.05, 3.63) is 146 Å². The van der Waals surface area contributed by atoms with E-state index < -0.39 is 0 Å². The van der Waals surface area contributed by atoms with E-state index in [1.54, 1.807) is 11.3 Å². The van der Waals surface area contributed by atoms with Crippen LogP contribution in [-0.2, 0) is 0 Å². The van der Waals surface area contributed by atoms with Gasteiger partial charge in [-0.05, 0) is 78.9 Å². The smallest absolute Gasteiger partial charge is 0.135 e. The molecule has 0 saturated carbocycles. The van der Waals surface area contributed by atoms with Crippen LogP contribution in [0.25, 0.3) is 84.8 Å². The molecular weight excluding hydrogens is 641 g/mol. The van der Waals surface area contributed by atoms with Crippen LogP contribution in [0.4, 0.5) is 17.1 Å². The molecule has 0 radical (unpaired) electrons. The molecule has 230 valence electrons. The Kier molecular flexibility index (Phi) is 5.67. The van der Waals surface area contributed by atoms with Crippen molar-refractivity contribution in [2.75, 3.05) is 4.90 Å². The van der Waals surface area contributed by atoms with Crippen LogP contribution in [0.5, 0.6) is 0 Å². The molecule has 0 N–H and O–H groups in total. The molecule has 49 heavy (non-hydrogen) atoms. The number of aromatic nitrogens is 1. The molecule has 0 aliphatic rings. The van der Waals surface area contributed by atoms with E-state index in [-0.39, 0.29) is 0 Å². The number of anilines is 3. The number of nitrogens with zero attached hydrogens (tertiary/aromatic N) is 2. The second-order valence-electron chi connectivity index (χ2n) is 12.3. The molecule has 4 heterocycles. The highest BCUT2D eigenvalue weighted by atomic mass is 32.1. The van der Waals surface area contributed by atoms with Crippen molar-refractivity contribution in [2.45, 2.75) is 0 Å². The number of thiophene rings is 1. The van der Waals surface area contributed by atoms with E-state index in [1.807, 2.05) is 41.7 Å². The summed E-state index contributed by atoms with van der Waals surface area (Å²) in [6, 6.07) is 51.2. The Bertz CT molecular complexity index is 2960. The second kappa shape index (κ2) is 10.3. The number of hydrogen-bond donors (Lipinski definition) is 0. The standard InChI is InChI=1S/C43H24N2O2S2/c1-2-8-25(9-3-1)43-44-34-17-21-40-41(42(34)49-43)33-24-28(16-20-39(33)48-40)45(26-14-18-37-31(22-26)29-10-4-6-12-35(29)46-37)27-15-19-38-32(23-27)30-11-5-7-13-36(30)47-38/h1-24H. The van der Waals surface area contributed by atoms with Gasteiger partial charge in [0.05, 0.1) is 10.2 Å². The van der Waals surface area contributed by atoms with Gasteiger partial charge in [-0.3, -0.25) is 0 Å². The third kappa shape index (κ3) is 4.11. The van der Waals surface area contributed by atoms with E-state index >= 15 is 0 Å². The first-order valence-corrected chi connectivity index (χ1v) is 17.8. The summed E-state index contributed by atoms with van der Waals surface area (Å²) in [5.41, 5.74) is 8.91. The van der Waals surface area contributed by atoms with E-state index in [0.29, 0.717) is 0 Å². The van der Waals surface area contributed by atoms with E-state index in [4.69, 9.17) is 13.8 Å². The highest BCUT2D eigenvalue weighted by molar-refractivity contribution is 7.28. The Labute approximate surface area is 287 Å². The maximum absolute atomic E-state index is 6.23. The minimum atomic E-state index is 0.877. The van der Waals surface area contributed by atoms with Crippen LogP contribution in [0.15, 0.2) is 154 Å². The largest absolute Gasteiger partial charge is 0.456 e. The Morgan fingerprint density at radius 1 is 0.449 bits per heavy atom. The molecule has 0 atom stereocenters. The van der Waals surface area contributed by atoms with Crippen molar-refractivity contribution in [2.24, 2.45) is 0 Å².